The second-order valence-electron chi connectivity index (χ2n) is 10.7. The van der Waals surface area contributed by atoms with Gasteiger partial charge in [0.1, 0.15) is 29.4 Å². The van der Waals surface area contributed by atoms with Crippen molar-refractivity contribution in [1.29, 1.82) is 0 Å². The minimum absolute atomic E-state index is 0.0669. The van der Waals surface area contributed by atoms with Gasteiger partial charge in [0.2, 0.25) is 15.8 Å². The van der Waals surface area contributed by atoms with Crippen molar-refractivity contribution in [3.63, 3.8) is 0 Å². The number of rotatable bonds is 5. The highest BCUT2D eigenvalue weighted by molar-refractivity contribution is 7.92. The third-order valence-electron chi connectivity index (χ3n) is 7.95. The largest absolute Gasteiger partial charge is 0.450 e. The molecule has 2 aromatic carbocycles. The molecule has 0 atom stereocenters. The van der Waals surface area contributed by atoms with Crippen LogP contribution >= 0.6 is 0 Å². The van der Waals surface area contributed by atoms with Gasteiger partial charge in [-0.05, 0) is 36.4 Å². The van der Waals surface area contributed by atoms with E-state index in [9.17, 15) is 26.8 Å². The number of hydrogen-bond donors (Lipinski definition) is 1. The van der Waals surface area contributed by atoms with E-state index in [-0.39, 0.29) is 41.1 Å². The second-order valence-corrected chi connectivity index (χ2v) is 12.7. The number of anilines is 1. The van der Waals surface area contributed by atoms with Crippen molar-refractivity contribution in [2.24, 2.45) is 0 Å². The van der Waals surface area contributed by atoms with Crippen LogP contribution in [0.5, 0.6) is 0 Å². The Balaban J connectivity index is 1.51. The summed E-state index contributed by atoms with van der Waals surface area (Å²) in [4.78, 5) is 36.9. The Morgan fingerprint density at radius 1 is 1.09 bits per heavy atom. The first kappa shape index (κ1) is 27.7. The van der Waals surface area contributed by atoms with Gasteiger partial charge in [-0.15, -0.1) is 0 Å². The first-order valence-corrected chi connectivity index (χ1v) is 15.4. The van der Waals surface area contributed by atoms with E-state index in [4.69, 9.17) is 9.40 Å². The lowest BCUT2D eigenvalue weighted by atomic mass is 10.0. The van der Waals surface area contributed by atoms with Crippen molar-refractivity contribution in [3.8, 4) is 11.3 Å². The van der Waals surface area contributed by atoms with Gasteiger partial charge in [0.25, 0.3) is 11.8 Å². The molecule has 1 aliphatic heterocycles. The maximum Gasteiger partial charge on any atom is 0.290 e. The highest BCUT2D eigenvalue weighted by Crippen LogP contribution is 2.39. The lowest BCUT2D eigenvalue weighted by Crippen LogP contribution is -2.51. The topological polar surface area (TPSA) is 130 Å². The summed E-state index contributed by atoms with van der Waals surface area (Å²) >= 11 is 0. The number of hydrogen-bond acceptors (Lipinski definition) is 7. The van der Waals surface area contributed by atoms with E-state index in [0.717, 1.165) is 10.6 Å². The Bertz CT molecular complexity index is 2310. The van der Waals surface area contributed by atoms with Gasteiger partial charge >= 0.3 is 0 Å². The van der Waals surface area contributed by atoms with E-state index in [0.29, 0.717) is 38.7 Å². The zero-order valence-electron chi connectivity index (χ0n) is 23.6. The molecule has 1 saturated heterocycles. The predicted octanol–water partition coefficient (Wildman–Crippen LogP) is 4.14. The summed E-state index contributed by atoms with van der Waals surface area (Å²) in [7, 11) is -1.04. The van der Waals surface area contributed by atoms with Crippen molar-refractivity contribution in [1.82, 2.24) is 24.6 Å². The highest BCUT2D eigenvalue weighted by atomic mass is 32.2. The minimum atomic E-state index is -3.80. The van der Waals surface area contributed by atoms with E-state index in [1.165, 1.54) is 31.1 Å². The average molecular weight is 619 g/mol. The Morgan fingerprint density at radius 2 is 1.86 bits per heavy atom. The third kappa shape index (κ3) is 4.16. The lowest BCUT2D eigenvalue weighted by Gasteiger charge is -2.33. The molecule has 4 aromatic heterocycles. The molecule has 0 saturated carbocycles. The van der Waals surface area contributed by atoms with Crippen LogP contribution in [0.15, 0.2) is 59.3 Å². The van der Waals surface area contributed by atoms with E-state index in [1.54, 1.807) is 47.1 Å². The molecule has 5 heterocycles. The smallest absolute Gasteiger partial charge is 0.290 e. The molecule has 6 aromatic rings. The number of nitrogens with one attached hydrogen (secondary N) is 1. The number of likely N-dealkylation sites (tertiary alicyclic amines) is 1. The van der Waals surface area contributed by atoms with Crippen LogP contribution in [0.4, 0.5) is 14.5 Å². The molecule has 1 N–H and O–H groups in total. The van der Waals surface area contributed by atoms with Crippen LogP contribution in [0.1, 0.15) is 20.9 Å². The molecule has 44 heavy (non-hydrogen) atoms. The number of nitrogens with zero attached hydrogens (tertiary/aromatic N) is 5. The van der Waals surface area contributed by atoms with Gasteiger partial charge in [-0.1, -0.05) is 6.07 Å². The van der Waals surface area contributed by atoms with Gasteiger partial charge in [-0.2, -0.15) is 0 Å². The summed E-state index contributed by atoms with van der Waals surface area (Å²) in [5, 5.41) is 3.14. The zero-order valence-corrected chi connectivity index (χ0v) is 24.4. The van der Waals surface area contributed by atoms with E-state index >= 15 is 0 Å². The maximum atomic E-state index is 14.7. The number of aromatic nitrogens is 3. The van der Waals surface area contributed by atoms with Gasteiger partial charge in [0.15, 0.2) is 0 Å². The maximum absolute atomic E-state index is 14.7. The van der Waals surface area contributed by atoms with Gasteiger partial charge in [0, 0.05) is 36.5 Å². The van der Waals surface area contributed by atoms with Crippen LogP contribution in [0.25, 0.3) is 49.7 Å². The number of fused-ring (bicyclic) bond motifs is 6. The molecular weight excluding hydrogens is 594 g/mol. The summed E-state index contributed by atoms with van der Waals surface area (Å²) in [6.07, 6.45) is 1.45. The molecule has 2 amide bonds. The van der Waals surface area contributed by atoms with Crippen LogP contribution < -0.4 is 9.62 Å². The first-order chi connectivity index (χ1) is 21.0. The number of sulfonamides is 1. The number of alkyl halides is 1. The minimum Gasteiger partial charge on any atom is -0.450 e. The highest BCUT2D eigenvalue weighted by Gasteiger charge is 2.36. The summed E-state index contributed by atoms with van der Waals surface area (Å²) in [5.74, 6) is -1.95. The number of carbonyl (C=O) groups is 2. The molecule has 1 aliphatic rings. The molecule has 11 nitrogen and oxygen atoms in total. The van der Waals surface area contributed by atoms with E-state index in [1.807, 2.05) is 0 Å². The Labute approximate surface area is 248 Å². The molecular formula is C30H24F2N6O5S. The number of furan rings is 1. The van der Waals surface area contributed by atoms with Gasteiger partial charge in [-0.3, -0.25) is 18.3 Å². The van der Waals surface area contributed by atoms with Gasteiger partial charge < -0.3 is 14.6 Å². The summed E-state index contributed by atoms with van der Waals surface area (Å²) in [6.45, 7) is -0.253. The molecule has 1 fully saturated rings. The lowest BCUT2D eigenvalue weighted by molar-refractivity contribution is 0.0371. The van der Waals surface area contributed by atoms with Crippen molar-refractivity contribution in [2.45, 2.75) is 6.17 Å². The number of benzene rings is 2. The molecule has 7 rings (SSSR count). The Hall–Kier alpha value is -5.11. The van der Waals surface area contributed by atoms with Gasteiger partial charge in [-0.25, -0.2) is 27.2 Å². The number of amides is 2. The zero-order chi connectivity index (χ0) is 31.1. The molecule has 14 heteroatoms. The summed E-state index contributed by atoms with van der Waals surface area (Å²) in [6, 6.07) is 12.7. The van der Waals surface area contributed by atoms with Crippen molar-refractivity contribution < 1.29 is 31.2 Å². The number of pyridine rings is 1. The molecule has 0 radical (unpaired) electrons. The van der Waals surface area contributed by atoms with Crippen LogP contribution in [-0.4, -0.2) is 79.1 Å². The number of halogens is 2. The van der Waals surface area contributed by atoms with Gasteiger partial charge in [0.05, 0.1) is 52.8 Å². The fourth-order valence-electron chi connectivity index (χ4n) is 5.55. The van der Waals surface area contributed by atoms with Crippen LogP contribution in [0, 0.1) is 5.82 Å². The summed E-state index contributed by atoms with van der Waals surface area (Å²) < 4.78 is 62.3. The fraction of sp³-hybridized carbons (Fsp3) is 0.200. The van der Waals surface area contributed by atoms with E-state index < -0.39 is 33.8 Å². The second kappa shape index (κ2) is 9.71. The standard InChI is InChI=1S/C30H24F2N6O5S/c1-33-29(39)26-18-9-17(23(36(2)44(3,41)42)11-25(18)43-28(26)30(40)37-12-15(31)13-37)20-7-8-21-27(35-20)24-10-16-19(32)5-4-6-22(16)38(24)14-34-21/h4-11,14-15H,12-13H2,1-3H3,(H,33,39). The SMILES string of the molecule is CNC(=O)c1c(C(=O)N2CC(F)C2)oc2cc(N(C)S(C)(=O)=O)c(-c3ccc4ncn5c6cccc(F)c6cc5c4n3)cc12. The van der Waals surface area contributed by atoms with Crippen molar-refractivity contribution >= 4 is 65.9 Å². The quantitative estimate of drug-likeness (QED) is 0.308. The normalized spacial score (nSPS) is 14.1. The number of carbonyl (C=O) groups excluding carboxylic acids is 2. The van der Waals surface area contributed by atoms with Crippen molar-refractivity contribution in [2.75, 3.05) is 37.7 Å². The first-order valence-electron chi connectivity index (χ1n) is 13.5. The average Bonchev–Trinajstić information content (AvgIpc) is 3.56. The van der Waals surface area contributed by atoms with Crippen molar-refractivity contribution in [3.05, 3.63) is 72.0 Å². The van der Waals surface area contributed by atoms with E-state index in [2.05, 4.69) is 10.3 Å². The van der Waals surface area contributed by atoms with Crippen LogP contribution in [0.3, 0.4) is 0 Å². The van der Waals surface area contributed by atoms with Crippen LogP contribution in [0.2, 0.25) is 0 Å². The molecule has 0 unspecified atom stereocenters. The summed E-state index contributed by atoms with van der Waals surface area (Å²) in [5.41, 5.74) is 2.96. The molecule has 224 valence electrons. The molecule has 0 bridgehead atoms. The van der Waals surface area contributed by atoms with Crippen LogP contribution in [-0.2, 0) is 10.0 Å². The predicted molar refractivity (Wildman–Crippen MR) is 161 cm³/mol. The Morgan fingerprint density at radius 3 is 2.57 bits per heavy atom. The molecule has 0 spiro atoms. The monoisotopic (exact) mass is 618 g/mol. The fourth-order valence-corrected chi connectivity index (χ4v) is 6.06. The Kier molecular flexibility index (Phi) is 6.11. The molecule has 0 aliphatic carbocycles. The third-order valence-corrected chi connectivity index (χ3v) is 9.14.